The molecule has 0 bridgehead atoms. The van der Waals surface area contributed by atoms with Crippen LogP contribution in [0.4, 0.5) is 0 Å². The zero-order valence-electron chi connectivity index (χ0n) is 23.7. The van der Waals surface area contributed by atoms with E-state index < -0.39 is 0 Å². The van der Waals surface area contributed by atoms with Gasteiger partial charge in [-0.2, -0.15) is 0 Å². The molecule has 38 heavy (non-hydrogen) atoms. The van der Waals surface area contributed by atoms with Gasteiger partial charge in [0.05, 0.1) is 6.61 Å². The minimum Gasteiger partial charge on any atom is -0.366 e. The first-order chi connectivity index (χ1) is 18.9. The Balaban J connectivity index is 1.38. The van der Waals surface area contributed by atoms with E-state index in [1.807, 2.05) is 0 Å². The van der Waals surface area contributed by atoms with Gasteiger partial charge in [-0.05, 0) is 29.5 Å². The molecular formula is C36H51OP. The topological polar surface area (TPSA) is 9.23 Å². The van der Waals surface area contributed by atoms with Gasteiger partial charge in [-0.25, -0.2) is 0 Å². The van der Waals surface area contributed by atoms with E-state index in [4.69, 9.17) is 4.52 Å². The highest BCUT2D eigenvalue weighted by atomic mass is 31.0. The monoisotopic (exact) mass is 530 g/mol. The molecule has 0 aliphatic carbocycles. The molecule has 0 aromatic heterocycles. The predicted molar refractivity (Wildman–Crippen MR) is 169 cm³/mol. The minimum atomic E-state index is -0.0904. The van der Waals surface area contributed by atoms with E-state index in [-0.39, 0.29) is 5.41 Å². The minimum absolute atomic E-state index is 0.0904. The molecule has 0 radical (unpaired) electrons. The maximum absolute atomic E-state index is 5.04. The molecular weight excluding hydrogens is 479 g/mol. The van der Waals surface area contributed by atoms with Crippen molar-refractivity contribution in [1.82, 2.24) is 0 Å². The summed E-state index contributed by atoms with van der Waals surface area (Å²) in [6.45, 7) is 0.889. The highest BCUT2D eigenvalue weighted by molar-refractivity contribution is 7.09. The number of hydrogen-bond acceptors (Lipinski definition) is 1. The van der Waals surface area contributed by atoms with Crippen LogP contribution in [-0.2, 0) is 9.94 Å². The standard InChI is InChI=1S/C36H51OP/c38-37-32-24-13-11-9-7-5-3-1-2-4-6-8-10-12-23-31-36(33-25-17-14-18-26-33,34-27-19-15-20-28-34)35-29-21-16-22-30-35/h14-22,25-30H,1-13,23-24,31-32,38H2. The van der Waals surface area contributed by atoms with Gasteiger partial charge in [0.1, 0.15) is 0 Å². The fourth-order valence-corrected chi connectivity index (χ4v) is 6.14. The lowest BCUT2D eigenvalue weighted by Crippen LogP contribution is -2.29. The van der Waals surface area contributed by atoms with Gasteiger partial charge in [-0.3, -0.25) is 0 Å². The fourth-order valence-electron chi connectivity index (χ4n) is 5.97. The molecule has 3 aromatic rings. The van der Waals surface area contributed by atoms with E-state index in [1.54, 1.807) is 0 Å². The maximum atomic E-state index is 5.04. The van der Waals surface area contributed by atoms with Gasteiger partial charge in [0, 0.05) is 14.9 Å². The molecule has 1 unspecified atom stereocenters. The highest BCUT2D eigenvalue weighted by Crippen LogP contribution is 2.43. The third-order valence-electron chi connectivity index (χ3n) is 8.11. The molecule has 0 saturated heterocycles. The van der Waals surface area contributed by atoms with Gasteiger partial charge in [0.25, 0.3) is 0 Å². The summed E-state index contributed by atoms with van der Waals surface area (Å²) in [6, 6.07) is 33.5. The molecule has 0 N–H and O–H groups in total. The van der Waals surface area contributed by atoms with Crippen molar-refractivity contribution in [2.45, 2.75) is 108 Å². The van der Waals surface area contributed by atoms with Crippen molar-refractivity contribution in [3.05, 3.63) is 108 Å². The van der Waals surface area contributed by atoms with Crippen LogP contribution >= 0.6 is 9.47 Å². The Morgan fingerprint density at radius 3 is 1.00 bits per heavy atom. The quantitative estimate of drug-likeness (QED) is 0.0756. The van der Waals surface area contributed by atoms with Crippen LogP contribution < -0.4 is 0 Å². The predicted octanol–water partition coefficient (Wildman–Crippen LogP) is 11.1. The number of unbranched alkanes of at least 4 members (excludes halogenated alkanes) is 14. The molecule has 3 aromatic carbocycles. The lowest BCUT2D eigenvalue weighted by Gasteiger charge is -2.36. The van der Waals surface area contributed by atoms with Crippen molar-refractivity contribution in [3.8, 4) is 0 Å². The fraction of sp³-hybridized carbons (Fsp3) is 0.500. The van der Waals surface area contributed by atoms with E-state index in [2.05, 4.69) is 100 Å². The van der Waals surface area contributed by atoms with Crippen LogP contribution in [0.25, 0.3) is 0 Å². The van der Waals surface area contributed by atoms with Crippen molar-refractivity contribution in [3.63, 3.8) is 0 Å². The summed E-state index contributed by atoms with van der Waals surface area (Å²) in [5.41, 5.74) is 4.13. The van der Waals surface area contributed by atoms with Gasteiger partial charge in [0.2, 0.25) is 0 Å². The summed E-state index contributed by atoms with van der Waals surface area (Å²) in [4.78, 5) is 0. The molecule has 0 aliphatic heterocycles. The summed E-state index contributed by atoms with van der Waals surface area (Å²) in [7, 11) is 2.34. The first kappa shape index (κ1) is 30.6. The van der Waals surface area contributed by atoms with Crippen LogP contribution in [0.15, 0.2) is 91.0 Å². The first-order valence-electron chi connectivity index (χ1n) is 15.4. The third-order valence-corrected chi connectivity index (χ3v) is 8.35. The largest absolute Gasteiger partial charge is 0.366 e. The molecule has 0 fully saturated rings. The van der Waals surface area contributed by atoms with Crippen molar-refractivity contribution >= 4 is 9.47 Å². The molecule has 3 rings (SSSR count). The summed E-state index contributed by atoms with van der Waals surface area (Å²) >= 11 is 0. The highest BCUT2D eigenvalue weighted by Gasteiger charge is 2.35. The van der Waals surface area contributed by atoms with Crippen LogP contribution in [0.1, 0.15) is 119 Å². The second-order valence-corrected chi connectivity index (χ2v) is 11.3. The molecule has 0 aliphatic rings. The molecule has 1 atom stereocenters. The molecule has 2 heteroatoms. The summed E-state index contributed by atoms with van der Waals surface area (Å²) < 4.78 is 5.04. The van der Waals surface area contributed by atoms with Crippen LogP contribution in [-0.4, -0.2) is 6.61 Å². The van der Waals surface area contributed by atoms with Crippen LogP contribution in [0.3, 0.4) is 0 Å². The Hall–Kier alpha value is -1.95. The molecule has 0 saturated carbocycles. The first-order valence-corrected chi connectivity index (χ1v) is 15.8. The molecule has 0 heterocycles. The zero-order valence-corrected chi connectivity index (χ0v) is 24.8. The van der Waals surface area contributed by atoms with Gasteiger partial charge >= 0.3 is 0 Å². The Bertz CT molecular complexity index is 844. The van der Waals surface area contributed by atoms with Gasteiger partial charge in [-0.15, -0.1) is 0 Å². The molecule has 0 spiro atoms. The van der Waals surface area contributed by atoms with E-state index in [0.29, 0.717) is 0 Å². The second kappa shape index (κ2) is 19.2. The van der Waals surface area contributed by atoms with E-state index in [0.717, 1.165) is 13.0 Å². The lowest BCUT2D eigenvalue weighted by atomic mass is 9.66. The van der Waals surface area contributed by atoms with Crippen molar-refractivity contribution in [1.29, 1.82) is 0 Å². The Kier molecular flexibility index (Phi) is 15.4. The number of benzene rings is 3. The summed E-state index contributed by atoms with van der Waals surface area (Å²) in [6.07, 6.45) is 21.7. The summed E-state index contributed by atoms with van der Waals surface area (Å²) in [5, 5.41) is 0. The van der Waals surface area contributed by atoms with Crippen LogP contribution in [0, 0.1) is 0 Å². The molecule has 1 nitrogen and oxygen atoms in total. The maximum Gasteiger partial charge on any atom is 0.0501 e. The van der Waals surface area contributed by atoms with Crippen molar-refractivity contribution < 1.29 is 4.52 Å². The Labute approximate surface area is 236 Å². The van der Waals surface area contributed by atoms with E-state index in [1.165, 1.54) is 113 Å². The smallest absolute Gasteiger partial charge is 0.0501 e. The van der Waals surface area contributed by atoms with Crippen LogP contribution in [0.5, 0.6) is 0 Å². The van der Waals surface area contributed by atoms with Gasteiger partial charge in [0.15, 0.2) is 0 Å². The molecule has 0 amide bonds. The van der Waals surface area contributed by atoms with E-state index >= 15 is 0 Å². The number of hydrogen-bond donors (Lipinski definition) is 0. The van der Waals surface area contributed by atoms with Crippen molar-refractivity contribution in [2.75, 3.05) is 6.61 Å². The summed E-state index contributed by atoms with van der Waals surface area (Å²) in [5.74, 6) is 0. The van der Waals surface area contributed by atoms with Crippen molar-refractivity contribution in [2.24, 2.45) is 0 Å². The van der Waals surface area contributed by atoms with E-state index in [9.17, 15) is 0 Å². The average Bonchev–Trinajstić information content (AvgIpc) is 2.98. The third kappa shape index (κ3) is 10.3. The van der Waals surface area contributed by atoms with Gasteiger partial charge < -0.3 is 4.52 Å². The lowest BCUT2D eigenvalue weighted by molar-refractivity contribution is 0.352. The van der Waals surface area contributed by atoms with Crippen LogP contribution in [0.2, 0.25) is 0 Å². The normalized spacial score (nSPS) is 11.6. The molecule has 206 valence electrons. The average molecular weight is 531 g/mol. The Morgan fingerprint density at radius 1 is 0.395 bits per heavy atom. The number of rotatable bonds is 21. The van der Waals surface area contributed by atoms with Gasteiger partial charge in [-0.1, -0.05) is 181 Å². The Morgan fingerprint density at radius 2 is 0.684 bits per heavy atom. The zero-order chi connectivity index (χ0) is 26.6. The second-order valence-electron chi connectivity index (χ2n) is 10.9. The SMILES string of the molecule is POCCCCCCCCCCCCCCCCCC(c1ccccc1)(c1ccccc1)c1ccccc1.